The van der Waals surface area contributed by atoms with E-state index < -0.39 is 0 Å². The van der Waals surface area contributed by atoms with Gasteiger partial charge in [-0.15, -0.1) is 0 Å². The average molecular weight is 260 g/mol. The number of hydrogen-bond donors (Lipinski definition) is 2. The number of amides is 1. The van der Waals surface area contributed by atoms with Crippen molar-refractivity contribution >= 4 is 11.6 Å². The zero-order chi connectivity index (χ0) is 13.7. The predicted octanol–water partition coefficient (Wildman–Crippen LogP) is 0.989. The van der Waals surface area contributed by atoms with Crippen LogP contribution in [0.4, 0.5) is 5.69 Å². The fraction of sp³-hybridized carbons (Fsp3) is 0.231. The van der Waals surface area contributed by atoms with Gasteiger partial charge in [-0.25, -0.2) is 0 Å². The van der Waals surface area contributed by atoms with Crippen LogP contribution in [0, 0.1) is 0 Å². The first kappa shape index (κ1) is 13.1. The third-order valence-corrected chi connectivity index (χ3v) is 2.61. The highest BCUT2D eigenvalue weighted by Gasteiger charge is 2.08. The van der Waals surface area contributed by atoms with E-state index in [2.05, 4.69) is 10.4 Å². The minimum absolute atomic E-state index is 0.137. The summed E-state index contributed by atoms with van der Waals surface area (Å²) < 4.78 is 6.71. The molecule has 0 saturated heterocycles. The maximum Gasteiger partial charge on any atom is 0.246 e. The number of nitrogens with one attached hydrogen (secondary N) is 1. The highest BCUT2D eigenvalue weighted by Crippen LogP contribution is 2.22. The fourth-order valence-corrected chi connectivity index (χ4v) is 1.68. The molecule has 6 heteroatoms. The van der Waals surface area contributed by atoms with Gasteiger partial charge >= 0.3 is 0 Å². The van der Waals surface area contributed by atoms with E-state index in [-0.39, 0.29) is 12.5 Å². The molecule has 1 aromatic carbocycles. The normalized spacial score (nSPS) is 10.2. The molecule has 0 aliphatic carbocycles. The maximum absolute atomic E-state index is 11.9. The van der Waals surface area contributed by atoms with Crippen LogP contribution in [0.3, 0.4) is 0 Å². The van der Waals surface area contributed by atoms with Gasteiger partial charge in [0.2, 0.25) is 5.91 Å². The number of nitrogens with two attached hydrogens (primary N) is 1. The lowest BCUT2D eigenvalue weighted by molar-refractivity contribution is -0.116. The van der Waals surface area contributed by atoms with Crippen LogP contribution in [0.15, 0.2) is 36.7 Å². The number of hydrogen-bond acceptors (Lipinski definition) is 4. The predicted molar refractivity (Wildman–Crippen MR) is 71.7 cm³/mol. The van der Waals surface area contributed by atoms with Crippen molar-refractivity contribution in [2.75, 3.05) is 12.4 Å². The Bertz CT molecular complexity index is 565. The molecule has 100 valence electrons. The zero-order valence-electron chi connectivity index (χ0n) is 10.7. The molecule has 1 amide bonds. The largest absolute Gasteiger partial charge is 0.495 e. The molecule has 0 aliphatic heterocycles. The summed E-state index contributed by atoms with van der Waals surface area (Å²) in [6.07, 6.45) is 3.40. The van der Waals surface area contributed by atoms with E-state index in [1.54, 1.807) is 36.3 Å². The molecule has 0 unspecified atom stereocenters. The lowest BCUT2D eigenvalue weighted by Crippen LogP contribution is -2.19. The summed E-state index contributed by atoms with van der Waals surface area (Å²) in [6, 6.07) is 7.25. The van der Waals surface area contributed by atoms with E-state index in [1.165, 1.54) is 0 Å². The summed E-state index contributed by atoms with van der Waals surface area (Å²) in [6.45, 7) is 0.548. The number of carbonyl (C=O) groups excluding carboxylic acids is 1. The van der Waals surface area contributed by atoms with Gasteiger partial charge in [0.05, 0.1) is 19.0 Å². The van der Waals surface area contributed by atoms with Gasteiger partial charge in [0.1, 0.15) is 12.3 Å². The lowest BCUT2D eigenvalue weighted by atomic mass is 10.3. The first-order valence-corrected chi connectivity index (χ1v) is 5.87. The van der Waals surface area contributed by atoms with Crippen molar-refractivity contribution < 1.29 is 9.53 Å². The Kier molecular flexibility index (Phi) is 4.15. The van der Waals surface area contributed by atoms with Crippen molar-refractivity contribution in [2.45, 2.75) is 13.1 Å². The van der Waals surface area contributed by atoms with E-state index in [0.29, 0.717) is 18.0 Å². The van der Waals surface area contributed by atoms with Crippen molar-refractivity contribution in [3.8, 4) is 5.75 Å². The van der Waals surface area contributed by atoms with Gasteiger partial charge in [-0.3, -0.25) is 9.48 Å². The monoisotopic (exact) mass is 260 g/mol. The van der Waals surface area contributed by atoms with Crippen molar-refractivity contribution in [3.63, 3.8) is 0 Å². The molecule has 0 radical (unpaired) electrons. The Balaban J connectivity index is 2.01. The molecule has 1 heterocycles. The van der Waals surface area contributed by atoms with Crippen LogP contribution in [0.2, 0.25) is 0 Å². The molecule has 1 aromatic heterocycles. The third-order valence-electron chi connectivity index (χ3n) is 2.61. The Morgan fingerprint density at radius 1 is 1.47 bits per heavy atom. The van der Waals surface area contributed by atoms with Crippen LogP contribution in [0.5, 0.6) is 5.75 Å². The number of rotatable bonds is 5. The number of nitrogens with zero attached hydrogens (tertiary/aromatic N) is 2. The molecule has 19 heavy (non-hydrogen) atoms. The van der Waals surface area contributed by atoms with Crippen LogP contribution in [0.25, 0.3) is 0 Å². The average Bonchev–Trinajstić information content (AvgIpc) is 2.87. The van der Waals surface area contributed by atoms with E-state index in [9.17, 15) is 4.79 Å². The number of para-hydroxylation sites is 2. The molecule has 0 saturated carbocycles. The maximum atomic E-state index is 11.9. The minimum Gasteiger partial charge on any atom is -0.495 e. The highest BCUT2D eigenvalue weighted by molar-refractivity contribution is 5.92. The number of methoxy groups -OCH3 is 1. The van der Waals surface area contributed by atoms with E-state index in [0.717, 1.165) is 5.56 Å². The zero-order valence-corrected chi connectivity index (χ0v) is 10.7. The lowest BCUT2D eigenvalue weighted by Gasteiger charge is -2.09. The molecular formula is C13H16N4O2. The number of carbonyl (C=O) groups is 1. The summed E-state index contributed by atoms with van der Waals surface area (Å²) in [4.78, 5) is 11.9. The Morgan fingerprint density at radius 2 is 2.26 bits per heavy atom. The number of aromatic nitrogens is 2. The van der Waals surface area contributed by atoms with Crippen LogP contribution in [0.1, 0.15) is 5.56 Å². The van der Waals surface area contributed by atoms with Crippen LogP contribution in [-0.4, -0.2) is 22.8 Å². The molecule has 0 fully saturated rings. The number of benzene rings is 1. The number of ether oxygens (including phenoxy) is 1. The molecule has 2 aromatic rings. The van der Waals surface area contributed by atoms with Gasteiger partial charge < -0.3 is 15.8 Å². The first-order chi connectivity index (χ1) is 9.22. The summed E-state index contributed by atoms with van der Waals surface area (Å²) in [5.41, 5.74) is 7.02. The van der Waals surface area contributed by atoms with Gasteiger partial charge in [-0.1, -0.05) is 12.1 Å². The van der Waals surface area contributed by atoms with Crippen molar-refractivity contribution in [2.24, 2.45) is 5.73 Å². The summed E-state index contributed by atoms with van der Waals surface area (Å²) in [5.74, 6) is 0.454. The second-order valence-corrected chi connectivity index (χ2v) is 4.00. The molecule has 6 nitrogen and oxygen atoms in total. The molecule has 3 N–H and O–H groups in total. The summed E-state index contributed by atoms with van der Waals surface area (Å²) in [7, 11) is 1.56. The van der Waals surface area contributed by atoms with Gasteiger partial charge in [0.25, 0.3) is 0 Å². The summed E-state index contributed by atoms with van der Waals surface area (Å²) >= 11 is 0. The summed E-state index contributed by atoms with van der Waals surface area (Å²) in [5, 5.41) is 6.84. The molecular weight excluding hydrogens is 244 g/mol. The van der Waals surface area contributed by atoms with Crippen molar-refractivity contribution in [3.05, 3.63) is 42.2 Å². The van der Waals surface area contributed by atoms with Crippen molar-refractivity contribution in [1.82, 2.24) is 9.78 Å². The smallest absolute Gasteiger partial charge is 0.246 e. The fourth-order valence-electron chi connectivity index (χ4n) is 1.68. The quantitative estimate of drug-likeness (QED) is 0.840. The van der Waals surface area contributed by atoms with E-state index >= 15 is 0 Å². The van der Waals surface area contributed by atoms with Gasteiger partial charge in [-0.2, -0.15) is 5.10 Å². The highest BCUT2D eigenvalue weighted by atomic mass is 16.5. The molecule has 0 bridgehead atoms. The molecule has 0 atom stereocenters. The topological polar surface area (TPSA) is 82.2 Å². The molecule has 0 aliphatic rings. The van der Waals surface area contributed by atoms with Crippen molar-refractivity contribution in [1.29, 1.82) is 0 Å². The van der Waals surface area contributed by atoms with Crippen LogP contribution >= 0.6 is 0 Å². The molecule has 0 spiro atoms. The Hall–Kier alpha value is -2.34. The van der Waals surface area contributed by atoms with Gasteiger partial charge in [0, 0.05) is 18.3 Å². The van der Waals surface area contributed by atoms with Gasteiger partial charge in [0.15, 0.2) is 0 Å². The van der Waals surface area contributed by atoms with Gasteiger partial charge in [-0.05, 0) is 12.1 Å². The van der Waals surface area contributed by atoms with E-state index in [4.69, 9.17) is 10.5 Å². The number of anilines is 1. The van der Waals surface area contributed by atoms with E-state index in [1.807, 2.05) is 12.1 Å². The Labute approximate surface area is 111 Å². The molecule has 2 rings (SSSR count). The van der Waals surface area contributed by atoms with Crippen LogP contribution in [-0.2, 0) is 17.9 Å². The SMILES string of the molecule is COc1ccccc1NC(=O)Cn1cc(CN)cn1. The first-order valence-electron chi connectivity index (χ1n) is 5.87. The second-order valence-electron chi connectivity index (χ2n) is 4.00. The second kappa shape index (κ2) is 6.01. The standard InChI is InChI=1S/C13H16N4O2/c1-19-12-5-3-2-4-11(12)16-13(18)9-17-8-10(6-14)7-15-17/h2-5,7-8H,6,9,14H2,1H3,(H,16,18). The third kappa shape index (κ3) is 3.32. The Morgan fingerprint density at radius 3 is 2.95 bits per heavy atom. The van der Waals surface area contributed by atoms with Crippen LogP contribution < -0.4 is 15.8 Å². The minimum atomic E-state index is -0.170.